The molecule has 1 aliphatic heterocycles. The molecule has 1 fully saturated rings. The molecule has 1 saturated heterocycles. The summed E-state index contributed by atoms with van der Waals surface area (Å²) in [5, 5.41) is 33.5. The van der Waals surface area contributed by atoms with Crippen molar-refractivity contribution in [1.29, 1.82) is 0 Å². The van der Waals surface area contributed by atoms with E-state index in [1.165, 1.54) is 10.9 Å². The van der Waals surface area contributed by atoms with Gasteiger partial charge in [-0.25, -0.2) is 4.98 Å². The monoisotopic (exact) mass is 420 g/mol. The maximum Gasteiger partial charge on any atom is 0.224 e. The lowest BCUT2D eigenvalue weighted by molar-refractivity contribution is -0.0511. The van der Waals surface area contributed by atoms with E-state index in [1.54, 1.807) is 0 Å². The van der Waals surface area contributed by atoms with E-state index in [0.29, 0.717) is 28.5 Å². The van der Waals surface area contributed by atoms with Gasteiger partial charge in [-0.1, -0.05) is 23.7 Å². The van der Waals surface area contributed by atoms with Crippen LogP contribution in [0.5, 0.6) is 0 Å². The van der Waals surface area contributed by atoms with Crippen LogP contribution in [0.15, 0.2) is 30.6 Å². The zero-order chi connectivity index (χ0) is 20.5. The van der Waals surface area contributed by atoms with Crippen molar-refractivity contribution in [2.24, 2.45) is 0 Å². The second-order valence-corrected chi connectivity index (χ2v) is 7.22. The summed E-state index contributed by atoms with van der Waals surface area (Å²) in [5.74, 6) is 0.479. The normalized spacial score (nSPS) is 24.3. The van der Waals surface area contributed by atoms with Gasteiger partial charge in [-0.2, -0.15) is 9.97 Å². The molecule has 4 rings (SSSR count). The number of benzene rings is 1. The fourth-order valence-corrected chi connectivity index (χ4v) is 3.45. The summed E-state index contributed by atoms with van der Waals surface area (Å²) in [6.07, 6.45) is -2.16. The Bertz CT molecular complexity index is 998. The van der Waals surface area contributed by atoms with Crippen LogP contribution < -0.4 is 11.1 Å². The molecule has 6 N–H and O–H groups in total. The van der Waals surface area contributed by atoms with Crippen molar-refractivity contribution < 1.29 is 20.1 Å². The lowest BCUT2D eigenvalue weighted by Gasteiger charge is -2.16. The summed E-state index contributed by atoms with van der Waals surface area (Å²) in [7, 11) is 0. The first kappa shape index (κ1) is 19.8. The van der Waals surface area contributed by atoms with Crippen LogP contribution in [-0.2, 0) is 11.2 Å². The molecule has 0 radical (unpaired) electrons. The van der Waals surface area contributed by atoms with Crippen LogP contribution in [0.3, 0.4) is 0 Å². The molecule has 0 amide bonds. The van der Waals surface area contributed by atoms with Gasteiger partial charge in [0.15, 0.2) is 23.2 Å². The number of anilines is 2. The van der Waals surface area contributed by atoms with E-state index in [0.717, 1.165) is 12.0 Å². The molecular weight excluding hydrogens is 400 g/mol. The number of nitrogens with two attached hydrogens (primary N) is 1. The van der Waals surface area contributed by atoms with Crippen molar-refractivity contribution in [3.8, 4) is 0 Å². The van der Waals surface area contributed by atoms with Crippen molar-refractivity contribution in [3.63, 3.8) is 0 Å². The second-order valence-electron chi connectivity index (χ2n) is 6.79. The van der Waals surface area contributed by atoms with E-state index < -0.39 is 31.1 Å². The van der Waals surface area contributed by atoms with E-state index in [2.05, 4.69) is 20.3 Å². The van der Waals surface area contributed by atoms with Crippen LogP contribution in [0.2, 0.25) is 5.02 Å². The number of aliphatic hydroxyl groups is 3. The first-order valence-electron chi connectivity index (χ1n) is 9.08. The number of ether oxygens (including phenoxy) is 1. The van der Waals surface area contributed by atoms with Gasteiger partial charge in [0.25, 0.3) is 0 Å². The van der Waals surface area contributed by atoms with Gasteiger partial charge in [-0.15, -0.1) is 0 Å². The first-order chi connectivity index (χ1) is 14.0. The number of nitrogen functional groups attached to an aromatic ring is 1. The highest BCUT2D eigenvalue weighted by Crippen LogP contribution is 2.32. The third kappa shape index (κ3) is 3.85. The van der Waals surface area contributed by atoms with Crippen LogP contribution in [-0.4, -0.2) is 66.3 Å². The molecule has 3 heterocycles. The number of rotatable bonds is 6. The summed E-state index contributed by atoms with van der Waals surface area (Å²) in [6.45, 7) is 0.157. The highest BCUT2D eigenvalue weighted by atomic mass is 35.5. The fourth-order valence-electron chi connectivity index (χ4n) is 3.33. The quantitative estimate of drug-likeness (QED) is 0.379. The number of nitrogens with zero attached hydrogens (tertiary/aromatic N) is 4. The van der Waals surface area contributed by atoms with Gasteiger partial charge in [0.1, 0.15) is 18.3 Å². The third-order valence-electron chi connectivity index (χ3n) is 4.85. The lowest BCUT2D eigenvalue weighted by Crippen LogP contribution is -2.33. The van der Waals surface area contributed by atoms with E-state index in [4.69, 9.17) is 22.1 Å². The predicted molar refractivity (Wildman–Crippen MR) is 106 cm³/mol. The van der Waals surface area contributed by atoms with Gasteiger partial charge in [0.2, 0.25) is 5.95 Å². The Morgan fingerprint density at radius 2 is 1.93 bits per heavy atom. The van der Waals surface area contributed by atoms with Gasteiger partial charge in [-0.05, 0) is 24.1 Å². The minimum Gasteiger partial charge on any atom is -0.394 e. The topological polar surface area (TPSA) is 152 Å². The molecule has 1 unspecified atom stereocenters. The van der Waals surface area contributed by atoms with E-state index in [1.807, 2.05) is 24.3 Å². The number of nitrogens with one attached hydrogen (secondary N) is 1. The van der Waals surface area contributed by atoms with E-state index >= 15 is 0 Å². The number of aromatic nitrogens is 4. The average Bonchev–Trinajstić information content (AvgIpc) is 3.24. The summed E-state index contributed by atoms with van der Waals surface area (Å²) < 4.78 is 7.03. The Morgan fingerprint density at radius 1 is 1.17 bits per heavy atom. The van der Waals surface area contributed by atoms with Gasteiger partial charge >= 0.3 is 0 Å². The van der Waals surface area contributed by atoms with Crippen LogP contribution >= 0.6 is 11.6 Å². The van der Waals surface area contributed by atoms with E-state index in [9.17, 15) is 15.3 Å². The highest BCUT2D eigenvalue weighted by molar-refractivity contribution is 6.30. The molecule has 11 heteroatoms. The Kier molecular flexibility index (Phi) is 5.52. The van der Waals surface area contributed by atoms with Gasteiger partial charge in [0, 0.05) is 11.6 Å². The molecular formula is C18H21ClN6O4. The van der Waals surface area contributed by atoms with E-state index in [-0.39, 0.29) is 5.95 Å². The Labute approximate surface area is 170 Å². The predicted octanol–water partition coefficient (Wildman–Crippen LogP) is 0.328. The van der Waals surface area contributed by atoms with Gasteiger partial charge < -0.3 is 31.1 Å². The molecule has 0 aliphatic carbocycles. The summed E-state index contributed by atoms with van der Waals surface area (Å²) in [6, 6.07) is 7.57. The molecule has 2 aromatic heterocycles. The van der Waals surface area contributed by atoms with Crippen LogP contribution in [0.25, 0.3) is 11.2 Å². The number of fused-ring (bicyclic) bond motifs is 1. The molecule has 154 valence electrons. The number of halogens is 1. The lowest BCUT2D eigenvalue weighted by atomic mass is 10.1. The van der Waals surface area contributed by atoms with Crippen molar-refractivity contribution in [3.05, 3.63) is 41.2 Å². The Hall–Kier alpha value is -2.50. The maximum absolute atomic E-state index is 10.3. The average molecular weight is 421 g/mol. The van der Waals surface area contributed by atoms with Gasteiger partial charge in [0.05, 0.1) is 12.9 Å². The van der Waals surface area contributed by atoms with Crippen LogP contribution in [0, 0.1) is 0 Å². The maximum atomic E-state index is 10.3. The van der Waals surface area contributed by atoms with Crippen LogP contribution in [0.4, 0.5) is 11.8 Å². The smallest absolute Gasteiger partial charge is 0.224 e. The zero-order valence-electron chi connectivity index (χ0n) is 15.3. The number of aliphatic hydroxyl groups excluding tert-OH is 3. The van der Waals surface area contributed by atoms with Crippen molar-refractivity contribution in [1.82, 2.24) is 19.5 Å². The molecule has 0 bridgehead atoms. The molecule has 0 saturated carbocycles. The SMILES string of the molecule is Nc1nc(NCCc2ccc(Cl)cc2)c2ncn(C3O[C@H](CO)[C@@H](O)[C@H]3O)c2n1. The van der Waals surface area contributed by atoms with Crippen molar-refractivity contribution >= 4 is 34.5 Å². The van der Waals surface area contributed by atoms with Crippen LogP contribution in [0.1, 0.15) is 11.8 Å². The minimum absolute atomic E-state index is 0.0278. The fraction of sp³-hybridized carbons (Fsp3) is 0.389. The zero-order valence-corrected chi connectivity index (χ0v) is 16.1. The molecule has 3 aromatic rings. The number of hydrogen-bond donors (Lipinski definition) is 5. The molecule has 4 atom stereocenters. The minimum atomic E-state index is -1.25. The summed E-state index contributed by atoms with van der Waals surface area (Å²) in [4.78, 5) is 12.7. The molecule has 29 heavy (non-hydrogen) atoms. The Morgan fingerprint density at radius 3 is 2.62 bits per heavy atom. The second kappa shape index (κ2) is 8.09. The molecule has 10 nitrogen and oxygen atoms in total. The standard InChI is InChI=1S/C18H21ClN6O4/c19-10-3-1-9(2-4-10)5-6-21-15-12-16(24-18(20)23-15)25(8-22-12)17-14(28)13(27)11(7-26)29-17/h1-4,8,11,13-14,17,26-28H,5-7H2,(H3,20,21,23,24)/t11-,13-,14-,17?/m1/s1. The molecule has 1 aliphatic rings. The highest BCUT2D eigenvalue weighted by Gasteiger charge is 2.44. The Balaban J connectivity index is 1.56. The number of hydrogen-bond acceptors (Lipinski definition) is 9. The molecule has 0 spiro atoms. The summed E-state index contributed by atoms with van der Waals surface area (Å²) in [5.41, 5.74) is 7.76. The molecule has 1 aromatic carbocycles. The third-order valence-corrected chi connectivity index (χ3v) is 5.10. The van der Waals surface area contributed by atoms with Gasteiger partial charge in [-0.3, -0.25) is 4.57 Å². The largest absolute Gasteiger partial charge is 0.394 e. The number of imidazole rings is 1. The van der Waals surface area contributed by atoms with Crippen molar-refractivity contribution in [2.45, 2.75) is 31.0 Å². The van der Waals surface area contributed by atoms with Crippen molar-refractivity contribution in [2.75, 3.05) is 24.2 Å². The summed E-state index contributed by atoms with van der Waals surface area (Å²) >= 11 is 5.90. The first-order valence-corrected chi connectivity index (χ1v) is 9.46.